The van der Waals surface area contributed by atoms with Gasteiger partial charge < -0.3 is 10.5 Å². The van der Waals surface area contributed by atoms with Crippen molar-refractivity contribution >= 4 is 17.4 Å². The molecular formula is C16H19NOS. The van der Waals surface area contributed by atoms with Crippen molar-refractivity contribution in [3.8, 4) is 5.75 Å². The smallest absolute Gasteiger partial charge is 0.119 e. The summed E-state index contributed by atoms with van der Waals surface area (Å²) in [5, 5.41) is 0. The molecule has 0 aromatic heterocycles. The van der Waals surface area contributed by atoms with Crippen LogP contribution in [0.15, 0.2) is 47.4 Å². The molecule has 0 saturated heterocycles. The molecule has 3 heteroatoms. The van der Waals surface area contributed by atoms with Crippen LogP contribution in [0.4, 0.5) is 5.69 Å². The SMILES string of the molecule is Cc1cccc(OCCSc2cccc(N)c2C)c1. The molecule has 0 aliphatic carbocycles. The molecule has 0 spiro atoms. The molecule has 0 aliphatic rings. The van der Waals surface area contributed by atoms with Crippen molar-refractivity contribution < 1.29 is 4.74 Å². The number of hydrogen-bond acceptors (Lipinski definition) is 3. The van der Waals surface area contributed by atoms with Crippen molar-refractivity contribution in [3.05, 3.63) is 53.6 Å². The first kappa shape index (κ1) is 13.8. The first-order valence-electron chi connectivity index (χ1n) is 6.34. The van der Waals surface area contributed by atoms with E-state index in [0.717, 1.165) is 22.8 Å². The van der Waals surface area contributed by atoms with E-state index in [4.69, 9.17) is 10.5 Å². The highest BCUT2D eigenvalue weighted by atomic mass is 32.2. The molecule has 0 saturated carbocycles. The number of benzene rings is 2. The van der Waals surface area contributed by atoms with E-state index in [1.807, 2.05) is 24.3 Å². The molecule has 0 heterocycles. The largest absolute Gasteiger partial charge is 0.493 e. The number of nitrogen functional groups attached to an aromatic ring is 1. The average molecular weight is 273 g/mol. The summed E-state index contributed by atoms with van der Waals surface area (Å²) in [6.07, 6.45) is 0. The van der Waals surface area contributed by atoms with E-state index in [-0.39, 0.29) is 0 Å². The van der Waals surface area contributed by atoms with Crippen LogP contribution < -0.4 is 10.5 Å². The van der Waals surface area contributed by atoms with Crippen molar-refractivity contribution in [2.24, 2.45) is 0 Å². The Hall–Kier alpha value is -1.61. The molecule has 0 aliphatic heterocycles. The molecule has 0 bridgehead atoms. The van der Waals surface area contributed by atoms with E-state index in [2.05, 4.69) is 32.0 Å². The predicted octanol–water partition coefficient (Wildman–Crippen LogP) is 4.06. The fourth-order valence-electron chi connectivity index (χ4n) is 1.80. The minimum atomic E-state index is 0.697. The molecule has 2 aromatic carbocycles. The first-order valence-corrected chi connectivity index (χ1v) is 7.33. The van der Waals surface area contributed by atoms with Gasteiger partial charge in [0.2, 0.25) is 0 Å². The maximum atomic E-state index is 5.89. The summed E-state index contributed by atoms with van der Waals surface area (Å²) in [7, 11) is 0. The second-order valence-electron chi connectivity index (χ2n) is 4.48. The van der Waals surface area contributed by atoms with E-state index >= 15 is 0 Å². The Bertz CT molecular complexity index is 554. The zero-order chi connectivity index (χ0) is 13.7. The average Bonchev–Trinajstić information content (AvgIpc) is 2.39. The molecule has 0 radical (unpaired) electrons. The lowest BCUT2D eigenvalue weighted by Crippen LogP contribution is -2.00. The lowest BCUT2D eigenvalue weighted by molar-refractivity contribution is 0.343. The van der Waals surface area contributed by atoms with Crippen LogP contribution in [0.3, 0.4) is 0 Å². The highest BCUT2D eigenvalue weighted by molar-refractivity contribution is 7.99. The maximum Gasteiger partial charge on any atom is 0.119 e. The highest BCUT2D eigenvalue weighted by Gasteiger charge is 2.02. The lowest BCUT2D eigenvalue weighted by Gasteiger charge is -2.09. The van der Waals surface area contributed by atoms with Gasteiger partial charge in [0.05, 0.1) is 6.61 Å². The Morgan fingerprint density at radius 1 is 1.11 bits per heavy atom. The minimum absolute atomic E-state index is 0.697. The summed E-state index contributed by atoms with van der Waals surface area (Å²) in [5.74, 6) is 1.85. The summed E-state index contributed by atoms with van der Waals surface area (Å²) in [6.45, 7) is 4.82. The van der Waals surface area contributed by atoms with Gasteiger partial charge >= 0.3 is 0 Å². The number of rotatable bonds is 5. The molecule has 0 atom stereocenters. The monoisotopic (exact) mass is 273 g/mol. The van der Waals surface area contributed by atoms with Crippen molar-refractivity contribution in [2.45, 2.75) is 18.7 Å². The first-order chi connectivity index (χ1) is 9.16. The summed E-state index contributed by atoms with van der Waals surface area (Å²) >= 11 is 1.78. The fraction of sp³-hybridized carbons (Fsp3) is 0.250. The molecule has 0 amide bonds. The van der Waals surface area contributed by atoms with E-state index in [0.29, 0.717) is 6.61 Å². The number of hydrogen-bond donors (Lipinski definition) is 1. The second kappa shape index (κ2) is 6.53. The Kier molecular flexibility index (Phi) is 4.74. The predicted molar refractivity (Wildman–Crippen MR) is 83.0 cm³/mol. The molecule has 2 nitrogen and oxygen atoms in total. The van der Waals surface area contributed by atoms with Crippen molar-refractivity contribution in [3.63, 3.8) is 0 Å². The van der Waals surface area contributed by atoms with Crippen LogP contribution in [0.2, 0.25) is 0 Å². The molecule has 2 aromatic rings. The molecule has 19 heavy (non-hydrogen) atoms. The van der Waals surface area contributed by atoms with Gasteiger partial charge in [0, 0.05) is 16.3 Å². The highest BCUT2D eigenvalue weighted by Crippen LogP contribution is 2.26. The Labute approximate surface area is 119 Å². The third-order valence-electron chi connectivity index (χ3n) is 2.93. The Balaban J connectivity index is 1.82. The molecule has 100 valence electrons. The summed E-state index contributed by atoms with van der Waals surface area (Å²) in [4.78, 5) is 1.23. The summed E-state index contributed by atoms with van der Waals surface area (Å²) in [5.41, 5.74) is 9.11. The zero-order valence-electron chi connectivity index (χ0n) is 11.3. The summed E-state index contributed by atoms with van der Waals surface area (Å²) < 4.78 is 5.73. The topological polar surface area (TPSA) is 35.2 Å². The molecular weight excluding hydrogens is 254 g/mol. The molecule has 0 fully saturated rings. The van der Waals surface area contributed by atoms with Crippen molar-refractivity contribution in [2.75, 3.05) is 18.1 Å². The van der Waals surface area contributed by atoms with Gasteiger partial charge in [-0.15, -0.1) is 11.8 Å². The Morgan fingerprint density at radius 3 is 2.68 bits per heavy atom. The normalized spacial score (nSPS) is 10.4. The number of thioether (sulfide) groups is 1. The lowest BCUT2D eigenvalue weighted by atomic mass is 10.2. The fourth-order valence-corrected chi connectivity index (χ4v) is 2.70. The number of nitrogens with two attached hydrogens (primary N) is 1. The summed E-state index contributed by atoms with van der Waals surface area (Å²) in [6, 6.07) is 14.1. The standard InChI is InChI=1S/C16H19NOS/c1-12-5-3-6-14(11-12)18-9-10-19-16-8-4-7-15(17)13(16)2/h3-8,11H,9-10,17H2,1-2H3. The van der Waals surface area contributed by atoms with Gasteiger partial charge in [-0.25, -0.2) is 0 Å². The van der Waals surface area contributed by atoms with E-state index in [9.17, 15) is 0 Å². The van der Waals surface area contributed by atoms with Gasteiger partial charge in [-0.05, 0) is 49.2 Å². The van der Waals surface area contributed by atoms with Gasteiger partial charge in [-0.2, -0.15) is 0 Å². The minimum Gasteiger partial charge on any atom is -0.493 e. The maximum absolute atomic E-state index is 5.89. The van der Waals surface area contributed by atoms with Gasteiger partial charge in [0.1, 0.15) is 5.75 Å². The van der Waals surface area contributed by atoms with Crippen LogP contribution in [0.1, 0.15) is 11.1 Å². The van der Waals surface area contributed by atoms with Crippen molar-refractivity contribution in [1.82, 2.24) is 0 Å². The quantitative estimate of drug-likeness (QED) is 0.507. The Morgan fingerprint density at radius 2 is 1.89 bits per heavy atom. The van der Waals surface area contributed by atoms with Gasteiger partial charge in [-0.3, -0.25) is 0 Å². The van der Waals surface area contributed by atoms with E-state index < -0.39 is 0 Å². The molecule has 2 N–H and O–H groups in total. The van der Waals surface area contributed by atoms with E-state index in [1.54, 1.807) is 11.8 Å². The van der Waals surface area contributed by atoms with Crippen LogP contribution in [-0.4, -0.2) is 12.4 Å². The van der Waals surface area contributed by atoms with E-state index in [1.165, 1.54) is 10.5 Å². The third-order valence-corrected chi connectivity index (χ3v) is 4.05. The third kappa shape index (κ3) is 3.93. The van der Waals surface area contributed by atoms with Crippen LogP contribution in [-0.2, 0) is 0 Å². The van der Waals surface area contributed by atoms with Crippen LogP contribution in [0.5, 0.6) is 5.75 Å². The molecule has 2 rings (SSSR count). The number of aryl methyl sites for hydroxylation is 1. The second-order valence-corrected chi connectivity index (χ2v) is 5.62. The van der Waals surface area contributed by atoms with Crippen LogP contribution >= 0.6 is 11.8 Å². The zero-order valence-corrected chi connectivity index (χ0v) is 12.2. The van der Waals surface area contributed by atoms with Crippen molar-refractivity contribution in [1.29, 1.82) is 0 Å². The number of ether oxygens (including phenoxy) is 1. The van der Waals surface area contributed by atoms with Crippen LogP contribution in [0, 0.1) is 13.8 Å². The number of anilines is 1. The van der Waals surface area contributed by atoms with Crippen LogP contribution in [0.25, 0.3) is 0 Å². The van der Waals surface area contributed by atoms with Gasteiger partial charge in [0.15, 0.2) is 0 Å². The van der Waals surface area contributed by atoms with Gasteiger partial charge in [-0.1, -0.05) is 18.2 Å². The molecule has 0 unspecified atom stereocenters. The van der Waals surface area contributed by atoms with Gasteiger partial charge in [0.25, 0.3) is 0 Å².